The van der Waals surface area contributed by atoms with Crippen LogP contribution in [-0.4, -0.2) is 65.6 Å². The second-order valence-electron chi connectivity index (χ2n) is 11.8. The fourth-order valence-corrected chi connectivity index (χ4v) is 3.60. The van der Waals surface area contributed by atoms with Gasteiger partial charge in [-0.15, -0.1) is 0 Å². The van der Waals surface area contributed by atoms with Crippen molar-refractivity contribution in [2.75, 3.05) is 47.4 Å². The van der Waals surface area contributed by atoms with Crippen molar-refractivity contribution in [3.05, 3.63) is 36.7 Å². The quantitative estimate of drug-likeness (QED) is 0.257. The average molecular weight is 587 g/mol. The zero-order chi connectivity index (χ0) is 31.3. The van der Waals surface area contributed by atoms with Crippen LogP contribution in [0, 0.1) is 0 Å². The van der Waals surface area contributed by atoms with Crippen LogP contribution in [0.5, 0.6) is 0 Å². The molecule has 0 aromatic carbocycles. The van der Waals surface area contributed by atoms with Crippen molar-refractivity contribution in [1.82, 2.24) is 20.6 Å². The van der Waals surface area contributed by atoms with Gasteiger partial charge in [0, 0.05) is 26.2 Å². The highest BCUT2D eigenvalue weighted by molar-refractivity contribution is 5.87. The predicted octanol–water partition coefficient (Wildman–Crippen LogP) is 4.68. The third-order valence-electron chi connectivity index (χ3n) is 5.51. The van der Waals surface area contributed by atoms with Gasteiger partial charge in [0.15, 0.2) is 0 Å². The van der Waals surface area contributed by atoms with Crippen LogP contribution in [0.4, 0.5) is 37.4 Å². The van der Waals surface area contributed by atoms with E-state index in [1.54, 1.807) is 65.8 Å². The number of urea groups is 1. The lowest BCUT2D eigenvalue weighted by Gasteiger charge is -2.27. The van der Waals surface area contributed by atoms with E-state index in [9.17, 15) is 14.4 Å². The molecule has 13 heteroatoms. The predicted molar refractivity (Wildman–Crippen MR) is 164 cm³/mol. The molecular weight excluding hydrogens is 540 g/mol. The van der Waals surface area contributed by atoms with Crippen LogP contribution in [0.3, 0.4) is 0 Å². The Labute approximate surface area is 248 Å². The SMILES string of the molecule is CC(C)(C)OC(=O)N(CCCCNC(=O)NCCCCN(C(=O)OC(C)(C)C)c1ccc(N)cn1)c1ccc(N)cn1. The van der Waals surface area contributed by atoms with Gasteiger partial charge in [-0.1, -0.05) is 0 Å². The summed E-state index contributed by atoms with van der Waals surface area (Å²) in [4.78, 5) is 49.1. The second-order valence-corrected chi connectivity index (χ2v) is 11.8. The molecule has 0 saturated heterocycles. The lowest BCUT2D eigenvalue weighted by molar-refractivity contribution is 0.0567. The molecule has 13 nitrogen and oxygen atoms in total. The summed E-state index contributed by atoms with van der Waals surface area (Å²) < 4.78 is 11.0. The first-order valence-corrected chi connectivity index (χ1v) is 14.1. The Hall–Kier alpha value is -4.29. The molecule has 2 heterocycles. The van der Waals surface area contributed by atoms with Crippen molar-refractivity contribution in [1.29, 1.82) is 0 Å². The second kappa shape index (κ2) is 15.6. The van der Waals surface area contributed by atoms with Gasteiger partial charge in [0.1, 0.15) is 22.8 Å². The van der Waals surface area contributed by atoms with E-state index in [1.807, 2.05) is 0 Å². The molecule has 0 aliphatic rings. The number of nitrogens with one attached hydrogen (secondary N) is 2. The lowest BCUT2D eigenvalue weighted by Crippen LogP contribution is -2.39. The number of amides is 4. The molecule has 2 aromatic heterocycles. The highest BCUT2D eigenvalue weighted by atomic mass is 16.6. The molecule has 0 aliphatic carbocycles. The largest absolute Gasteiger partial charge is 0.443 e. The Morgan fingerprint density at radius 2 is 1.07 bits per heavy atom. The molecule has 0 saturated carbocycles. The molecule has 0 unspecified atom stereocenters. The molecule has 232 valence electrons. The average Bonchev–Trinajstić information content (AvgIpc) is 2.87. The fraction of sp³-hybridized carbons (Fsp3) is 0.552. The van der Waals surface area contributed by atoms with E-state index >= 15 is 0 Å². The van der Waals surface area contributed by atoms with Crippen molar-refractivity contribution >= 4 is 41.2 Å². The number of nitrogens with two attached hydrogens (primary N) is 2. The summed E-state index contributed by atoms with van der Waals surface area (Å²) >= 11 is 0. The number of anilines is 4. The molecule has 6 N–H and O–H groups in total. The molecule has 2 aromatic rings. The number of ether oxygens (including phenoxy) is 2. The monoisotopic (exact) mass is 586 g/mol. The van der Waals surface area contributed by atoms with Crippen LogP contribution in [-0.2, 0) is 9.47 Å². The molecule has 4 amide bonds. The maximum atomic E-state index is 12.7. The van der Waals surface area contributed by atoms with Gasteiger partial charge in [-0.2, -0.15) is 0 Å². The molecular formula is C29H46N8O5. The van der Waals surface area contributed by atoms with Gasteiger partial charge in [-0.25, -0.2) is 24.4 Å². The number of hydrogen-bond acceptors (Lipinski definition) is 9. The number of pyridine rings is 2. The normalized spacial score (nSPS) is 11.4. The number of unbranched alkanes of at least 4 members (excludes halogenated alkanes) is 2. The van der Waals surface area contributed by atoms with Crippen LogP contribution < -0.4 is 31.9 Å². The maximum Gasteiger partial charge on any atom is 0.416 e. The highest BCUT2D eigenvalue weighted by Crippen LogP contribution is 2.19. The van der Waals surface area contributed by atoms with E-state index in [1.165, 1.54) is 22.2 Å². The number of carbonyl (C=O) groups is 3. The molecule has 0 fully saturated rings. The van der Waals surface area contributed by atoms with E-state index in [0.29, 0.717) is 74.9 Å². The van der Waals surface area contributed by atoms with Crippen molar-refractivity contribution in [3.63, 3.8) is 0 Å². The number of rotatable bonds is 12. The summed E-state index contributed by atoms with van der Waals surface area (Å²) in [6, 6.07) is 6.40. The molecule has 42 heavy (non-hydrogen) atoms. The minimum Gasteiger partial charge on any atom is -0.443 e. The standard InChI is InChI=1S/C29H46N8O5/c1-28(2,3)41-26(39)36(23-13-11-21(30)19-34-23)17-9-7-15-32-25(38)33-16-8-10-18-37(27(40)42-29(4,5)6)24-14-12-22(31)20-35-24/h11-14,19-20H,7-10,15-18,30-31H2,1-6H3,(H2,32,33,38). The summed E-state index contributed by atoms with van der Waals surface area (Å²) in [5.74, 6) is 0.892. The summed E-state index contributed by atoms with van der Waals surface area (Å²) in [6.07, 6.45) is 4.50. The van der Waals surface area contributed by atoms with Crippen LogP contribution >= 0.6 is 0 Å². The number of nitrogens with zero attached hydrogens (tertiary/aromatic N) is 4. The lowest BCUT2D eigenvalue weighted by atomic mass is 10.2. The zero-order valence-corrected chi connectivity index (χ0v) is 25.6. The fourth-order valence-electron chi connectivity index (χ4n) is 3.60. The maximum absolute atomic E-state index is 12.7. The van der Waals surface area contributed by atoms with Gasteiger partial charge >= 0.3 is 18.2 Å². The van der Waals surface area contributed by atoms with E-state index in [2.05, 4.69) is 20.6 Å². The van der Waals surface area contributed by atoms with Crippen molar-refractivity contribution in [3.8, 4) is 0 Å². The first kappa shape index (κ1) is 33.9. The number of carbonyl (C=O) groups excluding carboxylic acids is 3. The number of hydrogen-bond donors (Lipinski definition) is 4. The van der Waals surface area contributed by atoms with Crippen LogP contribution in [0.15, 0.2) is 36.7 Å². The zero-order valence-electron chi connectivity index (χ0n) is 25.6. The van der Waals surface area contributed by atoms with Crippen molar-refractivity contribution < 1.29 is 23.9 Å². The number of aromatic nitrogens is 2. The first-order valence-electron chi connectivity index (χ1n) is 14.1. The van der Waals surface area contributed by atoms with Crippen molar-refractivity contribution in [2.45, 2.75) is 78.4 Å². The van der Waals surface area contributed by atoms with Gasteiger partial charge in [0.05, 0.1) is 23.8 Å². The van der Waals surface area contributed by atoms with Gasteiger partial charge in [-0.3, -0.25) is 9.80 Å². The number of nitrogen functional groups attached to an aromatic ring is 2. The first-order chi connectivity index (χ1) is 19.6. The van der Waals surface area contributed by atoms with Crippen molar-refractivity contribution in [2.24, 2.45) is 0 Å². The van der Waals surface area contributed by atoms with E-state index in [0.717, 1.165) is 0 Å². The molecule has 0 bridgehead atoms. The highest BCUT2D eigenvalue weighted by Gasteiger charge is 2.25. The minimum atomic E-state index is -0.649. The Bertz CT molecular complexity index is 1060. The summed E-state index contributed by atoms with van der Waals surface area (Å²) in [7, 11) is 0. The minimum absolute atomic E-state index is 0.289. The molecule has 0 spiro atoms. The van der Waals surface area contributed by atoms with E-state index < -0.39 is 23.4 Å². The smallest absolute Gasteiger partial charge is 0.416 e. The van der Waals surface area contributed by atoms with Crippen LogP contribution in [0.2, 0.25) is 0 Å². The van der Waals surface area contributed by atoms with Gasteiger partial charge in [0.25, 0.3) is 0 Å². The Kier molecular flexibility index (Phi) is 12.6. The molecule has 0 aliphatic heterocycles. The van der Waals surface area contributed by atoms with E-state index in [-0.39, 0.29) is 6.03 Å². The summed E-state index contributed by atoms with van der Waals surface area (Å²) in [5, 5.41) is 5.65. The third-order valence-corrected chi connectivity index (χ3v) is 5.51. The topological polar surface area (TPSA) is 178 Å². The third kappa shape index (κ3) is 12.9. The van der Waals surface area contributed by atoms with Gasteiger partial charge in [0.2, 0.25) is 0 Å². The molecule has 0 atom stereocenters. The Balaban J connectivity index is 1.74. The Morgan fingerprint density at radius 3 is 1.38 bits per heavy atom. The van der Waals surface area contributed by atoms with Gasteiger partial charge in [-0.05, 0) is 91.5 Å². The van der Waals surface area contributed by atoms with Gasteiger partial charge < -0.3 is 31.6 Å². The Morgan fingerprint density at radius 1 is 0.690 bits per heavy atom. The molecule has 2 rings (SSSR count). The van der Waals surface area contributed by atoms with Crippen LogP contribution in [0.25, 0.3) is 0 Å². The summed E-state index contributed by atoms with van der Waals surface area (Å²) in [5.41, 5.74) is 11.2. The molecule has 0 radical (unpaired) electrons. The summed E-state index contributed by atoms with van der Waals surface area (Å²) in [6.45, 7) is 12.4. The van der Waals surface area contributed by atoms with E-state index in [4.69, 9.17) is 20.9 Å². The van der Waals surface area contributed by atoms with Crippen LogP contribution in [0.1, 0.15) is 67.2 Å².